The van der Waals surface area contributed by atoms with Crippen LogP contribution in [0.1, 0.15) is 23.0 Å². The fraction of sp³-hybridized carbons (Fsp3) is 0.154. The van der Waals surface area contributed by atoms with Crippen LogP contribution in [0.2, 0.25) is 5.02 Å². The van der Waals surface area contributed by atoms with Crippen molar-refractivity contribution in [3.63, 3.8) is 0 Å². The van der Waals surface area contributed by atoms with E-state index in [4.69, 9.17) is 16.7 Å². The maximum Gasteiger partial charge on any atom is 0.360 e. The molecule has 2 rings (SSSR count). The molecule has 0 saturated carbocycles. The molecule has 0 radical (unpaired) electrons. The summed E-state index contributed by atoms with van der Waals surface area (Å²) in [5.41, 5.74) is -0.527. The van der Waals surface area contributed by atoms with E-state index in [1.54, 1.807) is 6.92 Å². The minimum atomic E-state index is -1.41. The number of hydrogen-bond donors (Lipinski definition) is 1. The number of halogens is 2. The van der Waals surface area contributed by atoms with Crippen LogP contribution in [0.5, 0.6) is 0 Å². The Bertz CT molecular complexity index is 743. The molecule has 0 amide bonds. The molecule has 0 aliphatic rings. The summed E-state index contributed by atoms with van der Waals surface area (Å²) in [7, 11) is 0. The minimum absolute atomic E-state index is 0.113. The molecule has 104 valence electrons. The molecule has 0 atom stereocenters. The first kappa shape index (κ1) is 14.2. The van der Waals surface area contributed by atoms with Crippen LogP contribution < -0.4 is 5.43 Å². The monoisotopic (exact) mass is 296 g/mol. The molecule has 7 heteroatoms. The van der Waals surface area contributed by atoms with Gasteiger partial charge in [-0.25, -0.2) is 13.9 Å². The Morgan fingerprint density at radius 1 is 1.50 bits per heavy atom. The highest BCUT2D eigenvalue weighted by molar-refractivity contribution is 6.30. The molecule has 0 aliphatic heterocycles. The van der Waals surface area contributed by atoms with Gasteiger partial charge in [0, 0.05) is 11.8 Å². The first-order chi connectivity index (χ1) is 9.43. The molecule has 20 heavy (non-hydrogen) atoms. The van der Waals surface area contributed by atoms with Crippen LogP contribution in [0, 0.1) is 5.82 Å². The van der Waals surface area contributed by atoms with Crippen molar-refractivity contribution in [3.8, 4) is 5.69 Å². The van der Waals surface area contributed by atoms with Crippen molar-refractivity contribution in [1.29, 1.82) is 0 Å². The van der Waals surface area contributed by atoms with E-state index in [0.717, 1.165) is 6.07 Å². The highest BCUT2D eigenvalue weighted by Gasteiger charge is 2.16. The molecular formula is C13H10ClFN2O3. The maximum atomic E-state index is 13.1. The molecule has 0 fully saturated rings. The van der Waals surface area contributed by atoms with Crippen molar-refractivity contribution >= 4 is 17.6 Å². The lowest BCUT2D eigenvalue weighted by atomic mass is 10.2. The lowest BCUT2D eigenvalue weighted by Gasteiger charge is -2.09. The Morgan fingerprint density at radius 3 is 2.75 bits per heavy atom. The number of aromatic nitrogens is 2. The number of carbonyl (C=O) groups is 1. The zero-order valence-electron chi connectivity index (χ0n) is 10.4. The molecule has 2 aromatic rings. The van der Waals surface area contributed by atoms with Gasteiger partial charge in [0.25, 0.3) is 0 Å². The molecular weight excluding hydrogens is 287 g/mol. The van der Waals surface area contributed by atoms with Gasteiger partial charge in [0.05, 0.1) is 10.7 Å². The van der Waals surface area contributed by atoms with Crippen molar-refractivity contribution in [1.82, 2.24) is 9.78 Å². The van der Waals surface area contributed by atoms with E-state index in [2.05, 4.69) is 5.10 Å². The summed E-state index contributed by atoms with van der Waals surface area (Å²) >= 11 is 5.68. The van der Waals surface area contributed by atoms with Gasteiger partial charge in [-0.05, 0) is 24.6 Å². The van der Waals surface area contributed by atoms with E-state index >= 15 is 0 Å². The van der Waals surface area contributed by atoms with Crippen molar-refractivity contribution < 1.29 is 14.3 Å². The second-order valence-electron chi connectivity index (χ2n) is 4.03. The molecule has 0 unspecified atom stereocenters. The number of aryl methyl sites for hydroxylation is 1. The smallest absolute Gasteiger partial charge is 0.360 e. The Labute approximate surface area is 118 Å². The number of nitrogens with zero attached hydrogens (tertiary/aromatic N) is 2. The summed E-state index contributed by atoms with van der Waals surface area (Å²) in [4.78, 5) is 22.8. The second-order valence-corrected chi connectivity index (χ2v) is 4.44. The zero-order valence-corrected chi connectivity index (χ0v) is 11.2. The van der Waals surface area contributed by atoms with Crippen LogP contribution in [0.3, 0.4) is 0 Å². The average molecular weight is 297 g/mol. The number of rotatable bonds is 3. The van der Waals surface area contributed by atoms with Crippen molar-refractivity contribution in [2.45, 2.75) is 13.3 Å². The maximum absolute atomic E-state index is 13.1. The number of hydrogen-bond acceptors (Lipinski definition) is 3. The number of benzene rings is 1. The SMILES string of the molecule is CCc1cn(-c2ccc(F)c(Cl)c2)nc(C(=O)O)c1=O. The lowest BCUT2D eigenvalue weighted by molar-refractivity contribution is 0.0686. The summed E-state index contributed by atoms with van der Waals surface area (Å²) in [6.07, 6.45) is 1.77. The molecule has 1 aromatic carbocycles. The Morgan fingerprint density at radius 2 is 2.20 bits per heavy atom. The number of carboxylic acid groups (broad SMARTS) is 1. The van der Waals surface area contributed by atoms with E-state index in [1.807, 2.05) is 0 Å². The van der Waals surface area contributed by atoms with E-state index in [9.17, 15) is 14.0 Å². The van der Waals surface area contributed by atoms with Crippen LogP contribution >= 0.6 is 11.6 Å². The number of carboxylic acids is 1. The van der Waals surface area contributed by atoms with Crippen LogP contribution in [0.15, 0.2) is 29.2 Å². The van der Waals surface area contributed by atoms with Gasteiger partial charge in [0.2, 0.25) is 11.1 Å². The Balaban J connectivity index is 2.68. The van der Waals surface area contributed by atoms with Gasteiger partial charge in [-0.3, -0.25) is 4.79 Å². The average Bonchev–Trinajstić information content (AvgIpc) is 2.42. The predicted molar refractivity (Wildman–Crippen MR) is 71.1 cm³/mol. The second kappa shape index (κ2) is 5.42. The van der Waals surface area contributed by atoms with Gasteiger partial charge in [-0.15, -0.1) is 0 Å². The third kappa shape index (κ3) is 2.55. The van der Waals surface area contributed by atoms with Gasteiger partial charge in [-0.2, -0.15) is 5.10 Å². The van der Waals surface area contributed by atoms with Crippen molar-refractivity contribution in [2.24, 2.45) is 0 Å². The van der Waals surface area contributed by atoms with Gasteiger partial charge in [0.15, 0.2) is 0 Å². The summed E-state index contributed by atoms with van der Waals surface area (Å²) < 4.78 is 14.3. The molecule has 1 heterocycles. The van der Waals surface area contributed by atoms with Crippen LogP contribution in [-0.2, 0) is 6.42 Å². The fourth-order valence-electron chi connectivity index (χ4n) is 1.69. The molecule has 5 nitrogen and oxygen atoms in total. The van der Waals surface area contributed by atoms with Crippen LogP contribution in [0.25, 0.3) is 5.69 Å². The predicted octanol–water partition coefficient (Wildman–Crippen LogP) is 2.29. The summed E-state index contributed by atoms with van der Waals surface area (Å²) in [5.74, 6) is -2.00. The number of aromatic carboxylic acids is 1. The lowest BCUT2D eigenvalue weighted by Crippen LogP contribution is -2.24. The van der Waals surface area contributed by atoms with Crippen LogP contribution in [-0.4, -0.2) is 20.9 Å². The van der Waals surface area contributed by atoms with E-state index in [-0.39, 0.29) is 5.02 Å². The van der Waals surface area contributed by atoms with Gasteiger partial charge in [-0.1, -0.05) is 18.5 Å². The van der Waals surface area contributed by atoms with E-state index in [0.29, 0.717) is 17.7 Å². The van der Waals surface area contributed by atoms with Crippen molar-refractivity contribution in [2.75, 3.05) is 0 Å². The first-order valence-electron chi connectivity index (χ1n) is 5.75. The third-order valence-electron chi connectivity index (χ3n) is 2.74. The molecule has 1 aromatic heterocycles. The van der Waals surface area contributed by atoms with E-state index < -0.39 is 22.9 Å². The zero-order chi connectivity index (χ0) is 14.9. The highest BCUT2D eigenvalue weighted by atomic mass is 35.5. The topological polar surface area (TPSA) is 72.2 Å². The summed E-state index contributed by atoms with van der Waals surface area (Å²) in [6, 6.07) is 3.84. The van der Waals surface area contributed by atoms with Gasteiger partial charge < -0.3 is 5.11 Å². The fourth-order valence-corrected chi connectivity index (χ4v) is 1.87. The summed E-state index contributed by atoms with van der Waals surface area (Å²) in [6.45, 7) is 1.73. The molecule has 0 bridgehead atoms. The molecule has 1 N–H and O–H groups in total. The largest absolute Gasteiger partial charge is 0.476 e. The highest BCUT2D eigenvalue weighted by Crippen LogP contribution is 2.18. The standard InChI is InChI=1S/C13H10ClFN2O3/c1-2-7-6-17(16-11(12(7)18)13(19)20)8-3-4-10(15)9(14)5-8/h3-6H,2H2,1H3,(H,19,20). The van der Waals surface area contributed by atoms with E-state index in [1.165, 1.54) is 23.0 Å². The molecule has 0 aliphatic carbocycles. The first-order valence-corrected chi connectivity index (χ1v) is 6.13. The molecule has 0 saturated heterocycles. The van der Waals surface area contributed by atoms with Gasteiger partial charge >= 0.3 is 5.97 Å². The van der Waals surface area contributed by atoms with Gasteiger partial charge in [0.1, 0.15) is 5.82 Å². The molecule has 0 spiro atoms. The third-order valence-corrected chi connectivity index (χ3v) is 3.03. The Hall–Kier alpha value is -2.21. The van der Waals surface area contributed by atoms with Crippen molar-refractivity contribution in [3.05, 3.63) is 56.7 Å². The summed E-state index contributed by atoms with van der Waals surface area (Å²) in [5, 5.41) is 12.6. The quantitative estimate of drug-likeness (QED) is 0.943. The van der Waals surface area contributed by atoms with Crippen LogP contribution in [0.4, 0.5) is 4.39 Å². The minimum Gasteiger partial charge on any atom is -0.476 e. The Kier molecular flexibility index (Phi) is 3.85. The normalized spacial score (nSPS) is 10.6.